The summed E-state index contributed by atoms with van der Waals surface area (Å²) in [5.41, 5.74) is 1.80. The SMILES string of the molecule is CCOC(=O)c1c(C=C(Br)Br)c2c(Cl)cc(Cl)cc2n1C(OCC)[Si](C)(C)C. The second kappa shape index (κ2) is 9.66. The molecule has 0 radical (unpaired) electrons. The third-order valence-electron chi connectivity index (χ3n) is 4.08. The molecule has 9 heteroatoms. The molecule has 28 heavy (non-hydrogen) atoms. The first kappa shape index (κ1) is 24.0. The van der Waals surface area contributed by atoms with Crippen molar-refractivity contribution in [2.24, 2.45) is 0 Å². The molecular weight excluding hydrogens is 549 g/mol. The zero-order valence-corrected chi connectivity index (χ0v) is 22.1. The number of hydrogen-bond donors (Lipinski definition) is 0. The fourth-order valence-electron chi connectivity index (χ4n) is 3.16. The van der Waals surface area contributed by atoms with Gasteiger partial charge in [-0.1, -0.05) is 42.8 Å². The Kier molecular flexibility index (Phi) is 8.27. The maximum absolute atomic E-state index is 13.1. The van der Waals surface area contributed by atoms with Gasteiger partial charge in [0.1, 0.15) is 19.6 Å². The van der Waals surface area contributed by atoms with Crippen molar-refractivity contribution in [1.29, 1.82) is 0 Å². The van der Waals surface area contributed by atoms with Crippen molar-refractivity contribution in [3.63, 3.8) is 0 Å². The van der Waals surface area contributed by atoms with Crippen LogP contribution in [0.1, 0.15) is 35.8 Å². The lowest BCUT2D eigenvalue weighted by Crippen LogP contribution is -2.38. The van der Waals surface area contributed by atoms with Crippen molar-refractivity contribution in [3.05, 3.63) is 36.8 Å². The molecule has 1 atom stereocenters. The van der Waals surface area contributed by atoms with Gasteiger partial charge in [0.15, 0.2) is 0 Å². The van der Waals surface area contributed by atoms with E-state index in [2.05, 4.69) is 51.5 Å². The van der Waals surface area contributed by atoms with Crippen LogP contribution in [0.3, 0.4) is 0 Å². The third kappa shape index (κ3) is 5.05. The van der Waals surface area contributed by atoms with Crippen molar-refractivity contribution in [3.8, 4) is 0 Å². The van der Waals surface area contributed by atoms with Crippen molar-refractivity contribution < 1.29 is 14.3 Å². The van der Waals surface area contributed by atoms with Gasteiger partial charge in [0.25, 0.3) is 0 Å². The molecule has 1 aromatic carbocycles. The number of rotatable bonds is 7. The Morgan fingerprint density at radius 2 is 1.86 bits per heavy atom. The number of ether oxygens (including phenoxy) is 2. The van der Waals surface area contributed by atoms with Crippen LogP contribution in [-0.2, 0) is 9.47 Å². The Bertz CT molecular complexity index is 918. The van der Waals surface area contributed by atoms with Gasteiger partial charge in [-0.3, -0.25) is 0 Å². The smallest absolute Gasteiger partial charge is 0.355 e. The minimum atomic E-state index is -1.92. The van der Waals surface area contributed by atoms with E-state index in [0.717, 1.165) is 10.9 Å². The van der Waals surface area contributed by atoms with Gasteiger partial charge in [-0.2, -0.15) is 0 Å². The molecule has 4 nitrogen and oxygen atoms in total. The second-order valence-corrected chi connectivity index (χ2v) is 16.1. The lowest BCUT2D eigenvalue weighted by Gasteiger charge is -2.32. The monoisotopic (exact) mass is 569 g/mol. The Labute approximate surface area is 193 Å². The maximum atomic E-state index is 13.1. The quantitative estimate of drug-likeness (QED) is 0.253. The zero-order chi connectivity index (χ0) is 21.2. The van der Waals surface area contributed by atoms with Gasteiger partial charge in [-0.05, 0) is 63.9 Å². The maximum Gasteiger partial charge on any atom is 0.355 e. The summed E-state index contributed by atoms with van der Waals surface area (Å²) in [6.45, 7) is 11.1. The van der Waals surface area contributed by atoms with Gasteiger partial charge in [-0.25, -0.2) is 4.79 Å². The molecule has 0 fully saturated rings. The van der Waals surface area contributed by atoms with Crippen LogP contribution < -0.4 is 0 Å². The van der Waals surface area contributed by atoms with E-state index in [4.69, 9.17) is 32.7 Å². The van der Waals surface area contributed by atoms with Gasteiger partial charge in [-0.15, -0.1) is 0 Å². The van der Waals surface area contributed by atoms with Crippen LogP contribution in [0.25, 0.3) is 17.0 Å². The number of halogens is 4. The van der Waals surface area contributed by atoms with Crippen molar-refractivity contribution in [2.75, 3.05) is 13.2 Å². The van der Waals surface area contributed by atoms with Crippen LogP contribution in [0, 0.1) is 0 Å². The summed E-state index contributed by atoms with van der Waals surface area (Å²) in [5, 5.41) is 1.68. The number of esters is 1. The highest BCUT2D eigenvalue weighted by Gasteiger charge is 2.36. The molecular formula is C19H23Br2Cl2NO3Si. The minimum absolute atomic E-state index is 0.264. The lowest BCUT2D eigenvalue weighted by molar-refractivity contribution is 0.0438. The van der Waals surface area contributed by atoms with E-state index >= 15 is 0 Å². The van der Waals surface area contributed by atoms with Gasteiger partial charge >= 0.3 is 5.97 Å². The van der Waals surface area contributed by atoms with E-state index in [1.54, 1.807) is 19.1 Å². The summed E-state index contributed by atoms with van der Waals surface area (Å²) in [6, 6.07) is 3.49. The predicted molar refractivity (Wildman–Crippen MR) is 128 cm³/mol. The average Bonchev–Trinajstić information content (AvgIpc) is 2.85. The molecule has 1 unspecified atom stereocenters. The lowest BCUT2D eigenvalue weighted by atomic mass is 10.1. The van der Waals surface area contributed by atoms with Gasteiger partial charge in [0.05, 0.1) is 20.5 Å². The molecule has 0 amide bonds. The number of hydrogen-bond acceptors (Lipinski definition) is 3. The van der Waals surface area contributed by atoms with Crippen LogP contribution in [0.5, 0.6) is 0 Å². The van der Waals surface area contributed by atoms with Crippen molar-refractivity contribution >= 4 is 86.1 Å². The molecule has 0 spiro atoms. The minimum Gasteiger partial charge on any atom is -0.461 e. The van der Waals surface area contributed by atoms with Gasteiger partial charge < -0.3 is 14.0 Å². The van der Waals surface area contributed by atoms with Crippen LogP contribution in [0.2, 0.25) is 29.7 Å². The highest BCUT2D eigenvalue weighted by Crippen LogP contribution is 2.41. The molecule has 2 rings (SSSR count). The summed E-state index contributed by atoms with van der Waals surface area (Å²) >= 11 is 19.7. The van der Waals surface area contributed by atoms with E-state index in [1.165, 1.54) is 0 Å². The Morgan fingerprint density at radius 1 is 1.21 bits per heavy atom. The molecule has 0 saturated carbocycles. The molecule has 0 aliphatic carbocycles. The molecule has 1 aromatic heterocycles. The molecule has 0 saturated heterocycles. The number of benzene rings is 1. The van der Waals surface area contributed by atoms with Crippen LogP contribution in [0.15, 0.2) is 15.5 Å². The number of nitrogens with zero attached hydrogens (tertiary/aromatic N) is 1. The highest BCUT2D eigenvalue weighted by atomic mass is 79.9. The highest BCUT2D eigenvalue weighted by molar-refractivity contribution is 9.28. The fraction of sp³-hybridized carbons (Fsp3) is 0.421. The molecule has 0 bridgehead atoms. The Balaban J connectivity index is 3.07. The van der Waals surface area contributed by atoms with E-state index in [1.807, 2.05) is 17.6 Å². The summed E-state index contributed by atoms with van der Waals surface area (Å²) in [4.78, 5) is 13.1. The van der Waals surface area contributed by atoms with Crippen LogP contribution in [0.4, 0.5) is 0 Å². The molecule has 2 aromatic rings. The standard InChI is InChI=1S/C19H23Br2Cl2NO3Si/c1-6-26-18(25)17-12(10-15(20)21)16-13(23)8-11(22)9-14(16)24(17)19(27-7-2)28(3,4)5/h8-10,19H,6-7H2,1-5H3. The van der Waals surface area contributed by atoms with E-state index in [-0.39, 0.29) is 12.5 Å². The van der Waals surface area contributed by atoms with E-state index in [0.29, 0.717) is 31.3 Å². The third-order valence-corrected chi connectivity index (χ3v) is 6.96. The Morgan fingerprint density at radius 3 is 2.36 bits per heavy atom. The number of carbonyl (C=O) groups excluding carboxylic acids is 1. The van der Waals surface area contributed by atoms with Crippen LogP contribution in [-0.4, -0.2) is 31.8 Å². The number of fused-ring (bicyclic) bond motifs is 1. The summed E-state index contributed by atoms with van der Waals surface area (Å²) < 4.78 is 14.1. The fourth-order valence-corrected chi connectivity index (χ4v) is 5.91. The summed E-state index contributed by atoms with van der Waals surface area (Å²) in [5.74, 6) is -0.730. The van der Waals surface area contributed by atoms with Crippen molar-refractivity contribution in [2.45, 2.75) is 39.3 Å². The molecule has 154 valence electrons. The molecule has 0 aliphatic heterocycles. The normalized spacial score (nSPS) is 12.9. The van der Waals surface area contributed by atoms with E-state index in [9.17, 15) is 4.79 Å². The largest absolute Gasteiger partial charge is 0.461 e. The second-order valence-electron chi connectivity index (χ2n) is 7.24. The average molecular weight is 572 g/mol. The Hall–Kier alpha value is -0.313. The zero-order valence-electron chi connectivity index (χ0n) is 16.4. The molecule has 0 aliphatic rings. The first-order valence-electron chi connectivity index (χ1n) is 8.87. The van der Waals surface area contributed by atoms with E-state index < -0.39 is 14.0 Å². The van der Waals surface area contributed by atoms with Crippen LogP contribution >= 0.6 is 55.1 Å². The number of aromatic nitrogens is 1. The molecule has 1 heterocycles. The first-order chi connectivity index (χ1) is 13.0. The predicted octanol–water partition coefficient (Wildman–Crippen LogP) is 7.63. The van der Waals surface area contributed by atoms with Crippen molar-refractivity contribution in [1.82, 2.24) is 4.57 Å². The van der Waals surface area contributed by atoms with Gasteiger partial charge in [0, 0.05) is 22.6 Å². The summed E-state index contributed by atoms with van der Waals surface area (Å²) in [6.07, 6.45) is 1.80. The first-order valence-corrected chi connectivity index (χ1v) is 14.8. The number of carbonyl (C=O) groups is 1. The summed E-state index contributed by atoms with van der Waals surface area (Å²) in [7, 11) is -1.92. The topological polar surface area (TPSA) is 40.5 Å². The van der Waals surface area contributed by atoms with Gasteiger partial charge in [0.2, 0.25) is 0 Å². The molecule has 0 N–H and O–H groups in total.